The van der Waals surface area contributed by atoms with Gasteiger partial charge in [0.15, 0.2) is 17.0 Å². The van der Waals surface area contributed by atoms with E-state index in [2.05, 4.69) is 0 Å². The number of Topliss-reactive ketones (excluding diaryl/α,β-unsaturated/α-hetero) is 2. The van der Waals surface area contributed by atoms with Gasteiger partial charge in [-0.2, -0.15) is 5.26 Å². The summed E-state index contributed by atoms with van der Waals surface area (Å²) in [6.07, 6.45) is -2.32. The number of likely N-dealkylation sites (N-methyl/N-ethyl adjacent to an activating group) is 1. The molecule has 5 rings (SSSR count). The molecule has 0 heterocycles. The van der Waals surface area contributed by atoms with Crippen molar-refractivity contribution in [2.24, 2.45) is 34.1 Å². The summed E-state index contributed by atoms with van der Waals surface area (Å²) >= 11 is 0. The van der Waals surface area contributed by atoms with E-state index in [1.165, 1.54) is 50.5 Å². The highest BCUT2D eigenvalue weighted by Gasteiger charge is 2.79. The minimum absolute atomic E-state index is 0.0536. The summed E-state index contributed by atoms with van der Waals surface area (Å²) in [6.45, 7) is 0. The third-order valence-corrected chi connectivity index (χ3v) is 9.02. The predicted molar refractivity (Wildman–Crippen MR) is 153 cm³/mol. The predicted octanol–water partition coefficient (Wildman–Crippen LogP) is -1.90. The number of primary amides is 2. The number of aliphatic hydroxyl groups is 3. The Morgan fingerprint density at radius 2 is 1.66 bits per heavy atom. The monoisotopic (exact) mass is 603 g/mol. The Morgan fingerprint density at radius 1 is 1.02 bits per heavy atom. The second-order valence-corrected chi connectivity index (χ2v) is 11.4. The molecule has 0 unspecified atom stereocenters. The highest BCUT2D eigenvalue weighted by molar-refractivity contribution is 6.26. The first kappa shape index (κ1) is 30.4. The van der Waals surface area contributed by atoms with Gasteiger partial charge in [-0.05, 0) is 37.4 Å². The number of nitriles is 1. The largest absolute Gasteiger partial charge is 0.509 e. The number of phenolic OH excluding ortho intramolecular Hbond substituents is 1. The van der Waals surface area contributed by atoms with E-state index in [0.29, 0.717) is 0 Å². The van der Waals surface area contributed by atoms with Gasteiger partial charge in [-0.15, -0.1) is 0 Å². The zero-order chi connectivity index (χ0) is 32.8. The van der Waals surface area contributed by atoms with E-state index in [1.807, 2.05) is 0 Å². The van der Waals surface area contributed by atoms with Crippen molar-refractivity contribution in [1.29, 1.82) is 5.26 Å². The van der Waals surface area contributed by atoms with Crippen molar-refractivity contribution in [1.82, 2.24) is 4.90 Å². The summed E-state index contributed by atoms with van der Waals surface area (Å²) in [7, 11) is 2.62. The van der Waals surface area contributed by atoms with E-state index in [-0.39, 0.29) is 22.3 Å². The van der Waals surface area contributed by atoms with Crippen LogP contribution in [0.3, 0.4) is 0 Å². The average Bonchev–Trinajstić information content (AvgIpc) is 2.94. The number of carbonyl (C=O) groups is 4. The highest BCUT2D eigenvalue weighted by atomic mass is 16.3. The number of ketones is 2. The Hall–Kier alpha value is -5.11. The molecule has 228 valence electrons. The number of aliphatic hydroxyl groups excluding tert-OH is 3. The molecule has 44 heavy (non-hydrogen) atoms. The van der Waals surface area contributed by atoms with Crippen LogP contribution in [-0.4, -0.2) is 86.0 Å². The molecule has 2 amide bonds. The maximum Gasteiger partial charge on any atom is 0.255 e. The third-order valence-electron chi connectivity index (χ3n) is 9.02. The second kappa shape index (κ2) is 9.44. The molecule has 0 bridgehead atoms. The maximum atomic E-state index is 14.5. The molecule has 0 aromatic heterocycles. The van der Waals surface area contributed by atoms with Crippen molar-refractivity contribution in [2.75, 3.05) is 14.1 Å². The van der Waals surface area contributed by atoms with E-state index in [0.717, 1.165) is 4.90 Å². The van der Waals surface area contributed by atoms with Gasteiger partial charge in [-0.1, -0.05) is 24.3 Å². The van der Waals surface area contributed by atoms with Crippen LogP contribution in [0.25, 0.3) is 16.9 Å². The van der Waals surface area contributed by atoms with E-state index in [9.17, 15) is 44.9 Å². The van der Waals surface area contributed by atoms with Crippen molar-refractivity contribution in [3.8, 4) is 22.9 Å². The molecule has 15 heteroatoms. The van der Waals surface area contributed by atoms with Crippen molar-refractivity contribution in [3.63, 3.8) is 0 Å². The Kier molecular flexibility index (Phi) is 6.51. The maximum absolute atomic E-state index is 14.5. The standard InChI is InChI=1S/C29H29N7O8/c1-36(2)21-19(39)15(25(33)43)22(40)27(9-30)23(41)16-18(38)14-13(20(31)28(16,34)26(44)29(21,27)35)7-6-12(17(14)37)10-4-3-5-11(8-10)24(32)42/h3-8,20-21,26,37-38,40,44H,31,34-35H2,1-2H3,(H2,32,42)(H2,33,43)/t20-,21+,26-,27-,28+,29-/m0/s1. The summed E-state index contributed by atoms with van der Waals surface area (Å²) in [5.74, 6) is -7.95. The number of rotatable bonds is 4. The van der Waals surface area contributed by atoms with Gasteiger partial charge >= 0.3 is 0 Å². The molecule has 15 nitrogen and oxygen atoms in total. The van der Waals surface area contributed by atoms with Gasteiger partial charge in [-0.3, -0.25) is 24.1 Å². The van der Waals surface area contributed by atoms with Crippen LogP contribution in [0.15, 0.2) is 53.3 Å². The molecule has 3 aliphatic carbocycles. The van der Waals surface area contributed by atoms with Gasteiger partial charge in [0.25, 0.3) is 5.91 Å². The molecule has 6 atom stereocenters. The molecule has 2 aromatic rings. The molecule has 0 aliphatic heterocycles. The summed E-state index contributed by atoms with van der Waals surface area (Å²) in [5.41, 5.74) is 20.4. The molecule has 1 saturated carbocycles. The number of benzene rings is 2. The van der Waals surface area contributed by atoms with Crippen molar-refractivity contribution in [3.05, 3.63) is 70.0 Å². The molecule has 0 spiro atoms. The zero-order valence-electron chi connectivity index (χ0n) is 23.4. The topological polar surface area (TPSA) is 306 Å². The fourth-order valence-electron chi connectivity index (χ4n) is 6.95. The number of hydrogen-bond acceptors (Lipinski definition) is 13. The van der Waals surface area contributed by atoms with Crippen LogP contribution in [0, 0.1) is 16.7 Å². The fraction of sp³-hybridized carbons (Fsp3) is 0.276. The van der Waals surface area contributed by atoms with E-state index in [4.69, 9.17) is 28.7 Å². The summed E-state index contributed by atoms with van der Waals surface area (Å²) in [4.78, 5) is 53.3. The minimum atomic E-state index is -3.09. The van der Waals surface area contributed by atoms with Crippen LogP contribution in [0.1, 0.15) is 27.5 Å². The number of fused-ring (bicyclic) bond motifs is 3. The summed E-state index contributed by atoms with van der Waals surface area (Å²) < 4.78 is 0. The van der Waals surface area contributed by atoms with Gasteiger partial charge in [-0.25, -0.2) is 0 Å². The number of nitrogens with two attached hydrogens (primary N) is 5. The summed E-state index contributed by atoms with van der Waals surface area (Å²) in [5, 5.41) is 56.9. The average molecular weight is 604 g/mol. The van der Waals surface area contributed by atoms with Gasteiger partial charge < -0.3 is 49.1 Å². The first-order valence-corrected chi connectivity index (χ1v) is 13.1. The SMILES string of the molecule is CN(C)[C@@H]1C(=O)C(C(N)=O)=C(O)[C@@]2(C#N)C(=O)C3=C(O)c4c(ccc(-c5cccc(C(N)=O)c5)c4O)[C@H](N)[C@@]3(N)[C@H](O)[C@@]12N. The lowest BCUT2D eigenvalue weighted by Gasteiger charge is -2.62. The zero-order valence-corrected chi connectivity index (χ0v) is 23.4. The van der Waals surface area contributed by atoms with Crippen LogP contribution in [0.5, 0.6) is 5.75 Å². The van der Waals surface area contributed by atoms with E-state index in [1.54, 1.807) is 6.07 Å². The molecule has 3 aliphatic rings. The van der Waals surface area contributed by atoms with Crippen molar-refractivity contribution >= 4 is 29.1 Å². The number of amides is 2. The van der Waals surface area contributed by atoms with E-state index < -0.39 is 92.0 Å². The lowest BCUT2D eigenvalue weighted by molar-refractivity contribution is -0.153. The first-order chi connectivity index (χ1) is 20.5. The number of carbonyl (C=O) groups excluding carboxylic acids is 4. The minimum Gasteiger partial charge on any atom is -0.509 e. The Labute approximate surface area is 249 Å². The molecule has 14 N–H and O–H groups in total. The van der Waals surface area contributed by atoms with Crippen LogP contribution in [0.2, 0.25) is 0 Å². The number of phenols is 1. The molecular formula is C29H29N7O8. The Balaban J connectivity index is 1.88. The smallest absolute Gasteiger partial charge is 0.255 e. The molecule has 0 saturated heterocycles. The molecule has 0 radical (unpaired) electrons. The van der Waals surface area contributed by atoms with Gasteiger partial charge in [0.1, 0.15) is 34.5 Å². The quantitative estimate of drug-likeness (QED) is 0.173. The van der Waals surface area contributed by atoms with Crippen molar-refractivity contribution in [2.45, 2.75) is 29.3 Å². The lowest BCUT2D eigenvalue weighted by atomic mass is 9.45. The molecule has 1 fully saturated rings. The van der Waals surface area contributed by atoms with Gasteiger partial charge in [0.2, 0.25) is 5.91 Å². The number of aromatic hydroxyl groups is 1. The summed E-state index contributed by atoms with van der Waals surface area (Å²) in [6, 6.07) is 6.74. The number of hydrogen-bond donors (Lipinski definition) is 9. The fourth-order valence-corrected chi connectivity index (χ4v) is 6.95. The van der Waals surface area contributed by atoms with Gasteiger partial charge in [0.05, 0.1) is 34.8 Å². The van der Waals surface area contributed by atoms with Crippen LogP contribution >= 0.6 is 0 Å². The van der Waals surface area contributed by atoms with Crippen molar-refractivity contribution < 1.29 is 39.6 Å². The molecule has 2 aromatic carbocycles. The third kappa shape index (κ3) is 3.31. The highest BCUT2D eigenvalue weighted by Crippen LogP contribution is 2.60. The van der Waals surface area contributed by atoms with Crippen LogP contribution in [-0.2, 0) is 14.4 Å². The van der Waals surface area contributed by atoms with Crippen LogP contribution < -0.4 is 28.7 Å². The lowest BCUT2D eigenvalue weighted by Crippen LogP contribution is -2.87. The Bertz CT molecular complexity index is 1830. The second-order valence-electron chi connectivity index (χ2n) is 11.4. The number of nitrogens with zero attached hydrogens (tertiary/aromatic N) is 2. The first-order valence-electron chi connectivity index (χ1n) is 13.1. The molecular weight excluding hydrogens is 574 g/mol. The normalized spacial score (nSPS) is 31.3. The van der Waals surface area contributed by atoms with E-state index >= 15 is 0 Å². The van der Waals surface area contributed by atoms with Crippen LogP contribution in [0.4, 0.5) is 0 Å². The Morgan fingerprint density at radius 3 is 2.20 bits per heavy atom. The van der Waals surface area contributed by atoms with Gasteiger partial charge in [0, 0.05) is 11.1 Å².